The van der Waals surface area contributed by atoms with Crippen molar-refractivity contribution < 1.29 is 4.74 Å². The van der Waals surface area contributed by atoms with Gasteiger partial charge in [-0.2, -0.15) is 0 Å². The number of hydrogen-bond acceptors (Lipinski definition) is 4. The van der Waals surface area contributed by atoms with Crippen LogP contribution in [-0.4, -0.2) is 79.2 Å². The smallest absolute Gasteiger partial charge is 0.119 e. The molecule has 0 saturated carbocycles. The molecule has 4 heteroatoms. The zero-order chi connectivity index (χ0) is 17.6. The van der Waals surface area contributed by atoms with Gasteiger partial charge < -0.3 is 4.74 Å². The van der Waals surface area contributed by atoms with E-state index in [0.29, 0.717) is 0 Å². The van der Waals surface area contributed by atoms with Crippen LogP contribution < -0.4 is 4.74 Å². The van der Waals surface area contributed by atoms with Crippen molar-refractivity contribution in [3.8, 4) is 5.75 Å². The summed E-state index contributed by atoms with van der Waals surface area (Å²) < 4.78 is 5.89. The van der Waals surface area contributed by atoms with Crippen LogP contribution in [0.1, 0.15) is 32.3 Å². The summed E-state index contributed by atoms with van der Waals surface area (Å²) in [6, 6.07) is 9.87. The number of ether oxygens (including phenoxy) is 1. The third-order valence-corrected chi connectivity index (χ3v) is 5.94. The molecule has 2 heterocycles. The number of nitrogens with zero attached hydrogens (tertiary/aromatic N) is 3. The van der Waals surface area contributed by atoms with Crippen LogP contribution in [0.25, 0.3) is 0 Å². The standard InChI is InChI=1S/C21H35N3O/c1-18-5-4-6-21(17-18)25-16-15-23-11-9-22(10-12-23)13-14-24-19(2)7-8-20(24)3/h4-6,17,19-20H,7-16H2,1-3H3/t19-,20-/m1/s1. The molecule has 2 fully saturated rings. The van der Waals surface area contributed by atoms with Gasteiger partial charge in [-0.15, -0.1) is 0 Å². The third-order valence-electron chi connectivity index (χ3n) is 5.94. The number of aryl methyl sites for hydroxylation is 1. The second-order valence-electron chi connectivity index (χ2n) is 7.86. The van der Waals surface area contributed by atoms with Gasteiger partial charge in [-0.25, -0.2) is 0 Å². The van der Waals surface area contributed by atoms with Gasteiger partial charge in [0, 0.05) is 57.9 Å². The molecular formula is C21H35N3O. The first-order valence-electron chi connectivity index (χ1n) is 10.0. The van der Waals surface area contributed by atoms with Crippen molar-refractivity contribution in [2.45, 2.75) is 45.7 Å². The number of piperazine rings is 1. The first kappa shape index (κ1) is 18.7. The second-order valence-corrected chi connectivity index (χ2v) is 7.86. The first-order valence-corrected chi connectivity index (χ1v) is 10.0. The van der Waals surface area contributed by atoms with Crippen LogP contribution in [-0.2, 0) is 0 Å². The minimum atomic E-state index is 0.773. The molecule has 0 aromatic heterocycles. The van der Waals surface area contributed by atoms with Gasteiger partial charge in [0.05, 0.1) is 0 Å². The maximum absolute atomic E-state index is 5.89. The summed E-state index contributed by atoms with van der Waals surface area (Å²) in [4.78, 5) is 7.87. The van der Waals surface area contributed by atoms with Crippen molar-refractivity contribution in [2.24, 2.45) is 0 Å². The van der Waals surface area contributed by atoms with Crippen molar-refractivity contribution >= 4 is 0 Å². The molecule has 0 spiro atoms. The van der Waals surface area contributed by atoms with E-state index < -0.39 is 0 Å². The van der Waals surface area contributed by atoms with Gasteiger partial charge in [0.15, 0.2) is 0 Å². The molecule has 2 aliphatic heterocycles. The quantitative estimate of drug-likeness (QED) is 0.756. The fourth-order valence-electron chi connectivity index (χ4n) is 4.18. The molecule has 1 aromatic carbocycles. The molecule has 0 radical (unpaired) electrons. The Morgan fingerprint density at radius 3 is 2.20 bits per heavy atom. The van der Waals surface area contributed by atoms with Crippen LogP contribution >= 0.6 is 0 Å². The lowest BCUT2D eigenvalue weighted by atomic mass is 10.2. The highest BCUT2D eigenvalue weighted by Gasteiger charge is 2.27. The molecule has 25 heavy (non-hydrogen) atoms. The lowest BCUT2D eigenvalue weighted by Gasteiger charge is -2.36. The number of benzene rings is 1. The molecule has 2 aliphatic rings. The van der Waals surface area contributed by atoms with Crippen molar-refractivity contribution in [3.63, 3.8) is 0 Å². The van der Waals surface area contributed by atoms with Crippen LogP contribution in [0.2, 0.25) is 0 Å². The molecule has 0 N–H and O–H groups in total. The van der Waals surface area contributed by atoms with Crippen molar-refractivity contribution in [3.05, 3.63) is 29.8 Å². The predicted octanol–water partition coefficient (Wildman–Crippen LogP) is 2.86. The van der Waals surface area contributed by atoms with Gasteiger partial charge in [-0.1, -0.05) is 12.1 Å². The van der Waals surface area contributed by atoms with Gasteiger partial charge >= 0.3 is 0 Å². The Morgan fingerprint density at radius 1 is 0.920 bits per heavy atom. The van der Waals surface area contributed by atoms with Crippen molar-refractivity contribution in [1.82, 2.24) is 14.7 Å². The molecule has 2 atom stereocenters. The molecule has 0 aliphatic carbocycles. The minimum absolute atomic E-state index is 0.773. The molecular weight excluding hydrogens is 310 g/mol. The average molecular weight is 346 g/mol. The normalized spacial score (nSPS) is 26.2. The minimum Gasteiger partial charge on any atom is -0.492 e. The SMILES string of the molecule is Cc1cccc(OCCN2CCN(CCN3[C@H](C)CC[C@H]3C)CC2)c1. The summed E-state index contributed by atoms with van der Waals surface area (Å²) in [7, 11) is 0. The Hall–Kier alpha value is -1.10. The average Bonchev–Trinajstić information content (AvgIpc) is 2.92. The lowest BCUT2D eigenvalue weighted by Crippen LogP contribution is -2.50. The monoisotopic (exact) mass is 345 g/mol. The molecule has 4 nitrogen and oxygen atoms in total. The van der Waals surface area contributed by atoms with E-state index in [1.54, 1.807) is 0 Å². The van der Waals surface area contributed by atoms with Crippen molar-refractivity contribution in [2.75, 3.05) is 52.4 Å². The second kappa shape index (κ2) is 9.02. The molecule has 0 bridgehead atoms. The highest BCUT2D eigenvalue weighted by atomic mass is 16.5. The third kappa shape index (κ3) is 5.44. The fraction of sp³-hybridized carbons (Fsp3) is 0.714. The Balaban J connectivity index is 1.31. The Kier molecular flexibility index (Phi) is 6.74. The van der Waals surface area contributed by atoms with E-state index in [-0.39, 0.29) is 0 Å². The van der Waals surface area contributed by atoms with Gasteiger partial charge in [-0.3, -0.25) is 14.7 Å². The summed E-state index contributed by atoms with van der Waals surface area (Å²) in [6.45, 7) is 15.9. The van der Waals surface area contributed by atoms with Crippen LogP contribution in [0.3, 0.4) is 0 Å². The predicted molar refractivity (Wildman–Crippen MR) is 104 cm³/mol. The number of hydrogen-bond donors (Lipinski definition) is 0. The highest BCUT2D eigenvalue weighted by molar-refractivity contribution is 5.27. The molecule has 0 amide bonds. The molecule has 3 rings (SSSR count). The van der Waals surface area contributed by atoms with E-state index in [1.165, 1.54) is 57.7 Å². The summed E-state index contributed by atoms with van der Waals surface area (Å²) in [6.07, 6.45) is 2.74. The van der Waals surface area contributed by atoms with E-state index in [0.717, 1.165) is 31.0 Å². The van der Waals surface area contributed by atoms with Gasteiger partial charge in [-0.05, 0) is 51.3 Å². The Bertz CT molecular complexity index is 518. The molecule has 140 valence electrons. The fourth-order valence-corrected chi connectivity index (χ4v) is 4.18. The largest absolute Gasteiger partial charge is 0.492 e. The van der Waals surface area contributed by atoms with Crippen LogP contribution in [0.4, 0.5) is 0 Å². The van der Waals surface area contributed by atoms with E-state index in [9.17, 15) is 0 Å². The topological polar surface area (TPSA) is 19.0 Å². The van der Waals surface area contributed by atoms with E-state index in [4.69, 9.17) is 4.74 Å². The van der Waals surface area contributed by atoms with Crippen LogP contribution in [0, 0.1) is 6.92 Å². The zero-order valence-corrected chi connectivity index (χ0v) is 16.3. The number of likely N-dealkylation sites (tertiary alicyclic amines) is 1. The van der Waals surface area contributed by atoms with Gasteiger partial charge in [0.25, 0.3) is 0 Å². The van der Waals surface area contributed by atoms with Gasteiger partial charge in [0.1, 0.15) is 12.4 Å². The molecule has 0 unspecified atom stereocenters. The summed E-state index contributed by atoms with van der Waals surface area (Å²) in [5, 5.41) is 0. The van der Waals surface area contributed by atoms with E-state index >= 15 is 0 Å². The summed E-state index contributed by atoms with van der Waals surface area (Å²) in [5.41, 5.74) is 1.26. The lowest BCUT2D eigenvalue weighted by molar-refractivity contribution is 0.0997. The molecule has 2 saturated heterocycles. The van der Waals surface area contributed by atoms with E-state index in [1.807, 2.05) is 6.07 Å². The highest BCUT2D eigenvalue weighted by Crippen LogP contribution is 2.22. The van der Waals surface area contributed by atoms with Crippen LogP contribution in [0.15, 0.2) is 24.3 Å². The summed E-state index contributed by atoms with van der Waals surface area (Å²) >= 11 is 0. The zero-order valence-electron chi connectivity index (χ0n) is 16.3. The van der Waals surface area contributed by atoms with Crippen molar-refractivity contribution in [1.29, 1.82) is 0 Å². The maximum atomic E-state index is 5.89. The maximum Gasteiger partial charge on any atom is 0.119 e. The first-order chi connectivity index (χ1) is 12.1. The van der Waals surface area contributed by atoms with E-state index in [2.05, 4.69) is 53.7 Å². The van der Waals surface area contributed by atoms with Gasteiger partial charge in [0.2, 0.25) is 0 Å². The number of rotatable bonds is 7. The Morgan fingerprint density at radius 2 is 1.56 bits per heavy atom. The summed E-state index contributed by atoms with van der Waals surface area (Å²) in [5.74, 6) is 0.993. The van der Waals surface area contributed by atoms with Crippen LogP contribution in [0.5, 0.6) is 5.75 Å². The Labute approximate surface area is 153 Å². The molecule has 1 aromatic rings.